The van der Waals surface area contributed by atoms with Gasteiger partial charge in [-0.1, -0.05) is 0 Å². The van der Waals surface area contributed by atoms with Crippen molar-refractivity contribution in [3.05, 3.63) is 41.7 Å². The fourth-order valence-corrected chi connectivity index (χ4v) is 1.34. The number of hydrogen-bond donors (Lipinski definition) is 2. The minimum absolute atomic E-state index is 0.202. The van der Waals surface area contributed by atoms with Crippen LogP contribution in [0, 0.1) is 6.92 Å². The Hall–Kier alpha value is -2.37. The fraction of sp³-hybridized carbons (Fsp3) is 0.182. The van der Waals surface area contributed by atoms with Crippen LogP contribution in [0.3, 0.4) is 0 Å². The molecule has 3 N–H and O–H groups in total. The first kappa shape index (κ1) is 11.1. The van der Waals surface area contributed by atoms with Crippen molar-refractivity contribution in [3.8, 4) is 0 Å². The van der Waals surface area contributed by atoms with Gasteiger partial charge in [0.2, 0.25) is 5.89 Å². The maximum absolute atomic E-state index is 11.7. The zero-order valence-corrected chi connectivity index (χ0v) is 9.30. The van der Waals surface area contributed by atoms with Crippen LogP contribution >= 0.6 is 0 Å². The van der Waals surface area contributed by atoms with Crippen LogP contribution in [0.5, 0.6) is 0 Å². The number of amides is 1. The summed E-state index contributed by atoms with van der Waals surface area (Å²) in [5.41, 5.74) is 5.93. The van der Waals surface area contributed by atoms with E-state index in [1.165, 1.54) is 6.20 Å². The van der Waals surface area contributed by atoms with Crippen molar-refractivity contribution in [1.29, 1.82) is 0 Å². The Morgan fingerprint density at radius 2 is 2.35 bits per heavy atom. The summed E-state index contributed by atoms with van der Waals surface area (Å²) < 4.78 is 5.23. The standard InChI is InChI=1S/C11H12N4O2/c1-7-5-14-9(17-7)6-15-11(16)8-3-2-4-13-10(8)12/h2-5H,6H2,1H3,(H2,12,13)(H,15,16). The smallest absolute Gasteiger partial charge is 0.255 e. The maximum atomic E-state index is 11.7. The lowest BCUT2D eigenvalue weighted by atomic mass is 10.2. The van der Waals surface area contributed by atoms with Crippen LogP contribution in [0.1, 0.15) is 22.0 Å². The Bertz CT molecular complexity index is 536. The molecule has 0 aliphatic carbocycles. The summed E-state index contributed by atoms with van der Waals surface area (Å²) in [4.78, 5) is 19.6. The molecule has 2 heterocycles. The number of nitrogens with zero attached hydrogens (tertiary/aromatic N) is 2. The van der Waals surface area contributed by atoms with Gasteiger partial charge in [0.25, 0.3) is 5.91 Å². The summed E-state index contributed by atoms with van der Waals surface area (Å²) in [5.74, 6) is 1.06. The van der Waals surface area contributed by atoms with E-state index < -0.39 is 0 Å². The second kappa shape index (κ2) is 4.65. The van der Waals surface area contributed by atoms with Gasteiger partial charge in [0.05, 0.1) is 18.3 Å². The number of pyridine rings is 1. The third kappa shape index (κ3) is 2.60. The number of nitrogens with one attached hydrogen (secondary N) is 1. The molecule has 2 rings (SSSR count). The van der Waals surface area contributed by atoms with Crippen molar-refractivity contribution in [1.82, 2.24) is 15.3 Å². The predicted molar refractivity (Wildman–Crippen MR) is 61.1 cm³/mol. The Kier molecular flexibility index (Phi) is 3.04. The summed E-state index contributed by atoms with van der Waals surface area (Å²) in [5, 5.41) is 2.65. The van der Waals surface area contributed by atoms with Crippen LogP contribution < -0.4 is 11.1 Å². The average molecular weight is 232 g/mol. The van der Waals surface area contributed by atoms with Crippen LogP contribution in [0.15, 0.2) is 28.9 Å². The van der Waals surface area contributed by atoms with Gasteiger partial charge in [-0.2, -0.15) is 0 Å². The quantitative estimate of drug-likeness (QED) is 0.819. The number of aromatic nitrogens is 2. The summed E-state index contributed by atoms with van der Waals surface area (Å²) >= 11 is 0. The van der Waals surface area contributed by atoms with E-state index in [-0.39, 0.29) is 18.3 Å². The van der Waals surface area contributed by atoms with Crippen molar-refractivity contribution in [2.24, 2.45) is 0 Å². The molecule has 0 unspecified atom stereocenters. The van der Waals surface area contributed by atoms with E-state index in [9.17, 15) is 4.79 Å². The third-order valence-corrected chi connectivity index (χ3v) is 2.15. The third-order valence-electron chi connectivity index (χ3n) is 2.15. The van der Waals surface area contributed by atoms with Gasteiger partial charge < -0.3 is 15.5 Å². The maximum Gasteiger partial charge on any atom is 0.255 e. The molecule has 0 saturated carbocycles. The summed E-state index contributed by atoms with van der Waals surface area (Å²) in [6.07, 6.45) is 3.13. The molecule has 6 nitrogen and oxygen atoms in total. The fourth-order valence-electron chi connectivity index (χ4n) is 1.34. The second-order valence-corrected chi connectivity index (χ2v) is 3.48. The number of rotatable bonds is 3. The highest BCUT2D eigenvalue weighted by Crippen LogP contribution is 2.07. The average Bonchev–Trinajstić information content (AvgIpc) is 2.73. The lowest BCUT2D eigenvalue weighted by molar-refractivity contribution is 0.0947. The molecule has 6 heteroatoms. The van der Waals surface area contributed by atoms with Crippen LogP contribution in [-0.4, -0.2) is 15.9 Å². The molecule has 88 valence electrons. The SMILES string of the molecule is Cc1cnc(CNC(=O)c2cccnc2N)o1. The Morgan fingerprint density at radius 1 is 1.53 bits per heavy atom. The molecule has 0 spiro atoms. The van der Waals surface area contributed by atoms with Gasteiger partial charge >= 0.3 is 0 Å². The van der Waals surface area contributed by atoms with Crippen molar-refractivity contribution < 1.29 is 9.21 Å². The normalized spacial score (nSPS) is 10.2. The topological polar surface area (TPSA) is 94.0 Å². The van der Waals surface area contributed by atoms with Gasteiger partial charge in [0, 0.05) is 6.20 Å². The zero-order valence-electron chi connectivity index (χ0n) is 9.30. The van der Waals surface area contributed by atoms with Gasteiger partial charge in [-0.05, 0) is 19.1 Å². The van der Waals surface area contributed by atoms with E-state index >= 15 is 0 Å². The van der Waals surface area contributed by atoms with E-state index in [1.807, 2.05) is 0 Å². The van der Waals surface area contributed by atoms with E-state index in [1.54, 1.807) is 25.3 Å². The second-order valence-electron chi connectivity index (χ2n) is 3.48. The molecule has 0 fully saturated rings. The highest BCUT2D eigenvalue weighted by molar-refractivity contribution is 5.98. The summed E-state index contributed by atoms with van der Waals surface area (Å²) in [7, 11) is 0. The van der Waals surface area contributed by atoms with Gasteiger partial charge in [-0.15, -0.1) is 0 Å². The molecule has 17 heavy (non-hydrogen) atoms. The van der Waals surface area contributed by atoms with Gasteiger partial charge in [-0.25, -0.2) is 9.97 Å². The zero-order chi connectivity index (χ0) is 12.3. The number of carbonyl (C=O) groups excluding carboxylic acids is 1. The van der Waals surface area contributed by atoms with Gasteiger partial charge in [-0.3, -0.25) is 4.79 Å². The van der Waals surface area contributed by atoms with E-state index in [2.05, 4.69) is 15.3 Å². The number of anilines is 1. The molecule has 0 aliphatic rings. The predicted octanol–water partition coefficient (Wildman–Crippen LogP) is 0.890. The number of nitrogen functional groups attached to an aromatic ring is 1. The molecule has 2 aromatic rings. The van der Waals surface area contributed by atoms with Crippen LogP contribution in [0.4, 0.5) is 5.82 Å². The summed E-state index contributed by atoms with van der Waals surface area (Å²) in [6.45, 7) is 2.01. The lowest BCUT2D eigenvalue weighted by Crippen LogP contribution is -2.24. The Labute approximate surface area is 97.9 Å². The molecule has 0 bridgehead atoms. The number of aryl methyl sites for hydroxylation is 1. The molecule has 1 amide bonds. The monoisotopic (exact) mass is 232 g/mol. The van der Waals surface area contributed by atoms with Gasteiger partial charge in [0.15, 0.2) is 0 Å². The number of nitrogens with two attached hydrogens (primary N) is 1. The first-order chi connectivity index (χ1) is 8.16. The van der Waals surface area contributed by atoms with Gasteiger partial charge in [0.1, 0.15) is 11.6 Å². The highest BCUT2D eigenvalue weighted by atomic mass is 16.4. The van der Waals surface area contributed by atoms with Crippen LogP contribution in [0.2, 0.25) is 0 Å². The molecule has 0 aromatic carbocycles. The number of carbonyl (C=O) groups is 1. The molecular weight excluding hydrogens is 220 g/mol. The van der Waals surface area contributed by atoms with Crippen molar-refractivity contribution in [2.75, 3.05) is 5.73 Å². The molecule has 0 saturated heterocycles. The lowest BCUT2D eigenvalue weighted by Gasteiger charge is -2.04. The number of oxazole rings is 1. The minimum Gasteiger partial charge on any atom is -0.444 e. The van der Waals surface area contributed by atoms with E-state index in [4.69, 9.17) is 10.2 Å². The first-order valence-electron chi connectivity index (χ1n) is 5.07. The largest absolute Gasteiger partial charge is 0.444 e. The Balaban J connectivity index is 2.01. The highest BCUT2D eigenvalue weighted by Gasteiger charge is 2.10. The van der Waals surface area contributed by atoms with E-state index in [0.29, 0.717) is 17.2 Å². The first-order valence-corrected chi connectivity index (χ1v) is 5.07. The van der Waals surface area contributed by atoms with Crippen LogP contribution in [0.25, 0.3) is 0 Å². The molecule has 0 radical (unpaired) electrons. The van der Waals surface area contributed by atoms with E-state index in [0.717, 1.165) is 0 Å². The van der Waals surface area contributed by atoms with Crippen molar-refractivity contribution in [3.63, 3.8) is 0 Å². The van der Waals surface area contributed by atoms with Crippen LogP contribution in [-0.2, 0) is 6.54 Å². The van der Waals surface area contributed by atoms with Crippen molar-refractivity contribution >= 4 is 11.7 Å². The minimum atomic E-state index is -0.300. The molecular formula is C11H12N4O2. The number of hydrogen-bond acceptors (Lipinski definition) is 5. The van der Waals surface area contributed by atoms with Crippen molar-refractivity contribution in [2.45, 2.75) is 13.5 Å². The Morgan fingerprint density at radius 3 is 3.00 bits per heavy atom. The molecule has 0 atom stereocenters. The molecule has 0 aliphatic heterocycles. The molecule has 2 aromatic heterocycles. The summed E-state index contributed by atoms with van der Waals surface area (Å²) in [6, 6.07) is 3.26.